The van der Waals surface area contributed by atoms with Gasteiger partial charge in [0, 0.05) is 12.1 Å². The molecule has 0 bridgehead atoms. The first-order valence-corrected chi connectivity index (χ1v) is 10.5. The zero-order chi connectivity index (χ0) is 21.8. The Labute approximate surface area is 181 Å². The van der Waals surface area contributed by atoms with Gasteiger partial charge in [-0.15, -0.1) is 0 Å². The summed E-state index contributed by atoms with van der Waals surface area (Å²) in [6.07, 6.45) is 0. The number of hydrogen-bond donors (Lipinski definition) is 2. The number of aromatic amines is 1. The minimum Gasteiger partial charge on any atom is -0.492 e. The topological polar surface area (TPSA) is 67.0 Å². The zero-order valence-electron chi connectivity index (χ0n) is 16.6. The number of nitrogens with zero attached hydrogens (tertiary/aromatic N) is 1. The molecule has 4 aromatic rings. The number of fused-ring (bicyclic) bond motifs is 1. The molecule has 1 atom stereocenters. The predicted molar refractivity (Wildman–Crippen MR) is 117 cm³/mol. The van der Waals surface area contributed by atoms with E-state index in [0.717, 1.165) is 29.5 Å². The molecule has 2 N–H and O–H groups in total. The SMILES string of the molecule is CCOc1ccccc1NC(=O)C(Sc1nc2cc(F)c(F)cc2[nH]1)c1ccccc1. The van der Waals surface area contributed by atoms with Gasteiger partial charge in [-0.25, -0.2) is 13.8 Å². The number of para-hydroxylation sites is 2. The van der Waals surface area contributed by atoms with E-state index in [9.17, 15) is 13.6 Å². The van der Waals surface area contributed by atoms with E-state index in [4.69, 9.17) is 4.74 Å². The van der Waals surface area contributed by atoms with Crippen LogP contribution in [0.25, 0.3) is 11.0 Å². The van der Waals surface area contributed by atoms with Crippen LogP contribution in [0, 0.1) is 11.6 Å². The maximum atomic E-state index is 13.6. The number of nitrogens with one attached hydrogen (secondary N) is 2. The first-order chi connectivity index (χ1) is 15.0. The van der Waals surface area contributed by atoms with Gasteiger partial charge in [0.15, 0.2) is 16.8 Å². The zero-order valence-corrected chi connectivity index (χ0v) is 17.4. The van der Waals surface area contributed by atoms with Gasteiger partial charge >= 0.3 is 0 Å². The maximum absolute atomic E-state index is 13.6. The Kier molecular flexibility index (Phi) is 6.18. The van der Waals surface area contributed by atoms with E-state index in [1.807, 2.05) is 49.4 Å². The van der Waals surface area contributed by atoms with Gasteiger partial charge in [0.25, 0.3) is 0 Å². The third-order valence-electron chi connectivity index (χ3n) is 4.52. The summed E-state index contributed by atoms with van der Waals surface area (Å²) in [7, 11) is 0. The van der Waals surface area contributed by atoms with E-state index < -0.39 is 16.9 Å². The van der Waals surface area contributed by atoms with Crippen LogP contribution >= 0.6 is 11.8 Å². The number of rotatable bonds is 7. The predicted octanol–water partition coefficient (Wildman–Crippen LogP) is 5.71. The summed E-state index contributed by atoms with van der Waals surface area (Å²) in [5.74, 6) is -1.64. The number of carbonyl (C=O) groups is 1. The number of H-pyrrole nitrogens is 1. The molecular formula is C23H19F2N3O2S. The van der Waals surface area contributed by atoms with Crippen molar-refractivity contribution >= 4 is 34.4 Å². The Bertz CT molecular complexity index is 1180. The third-order valence-corrected chi connectivity index (χ3v) is 5.66. The largest absolute Gasteiger partial charge is 0.492 e. The smallest absolute Gasteiger partial charge is 0.242 e. The normalized spacial score (nSPS) is 12.0. The molecule has 0 spiro atoms. The number of amides is 1. The summed E-state index contributed by atoms with van der Waals surface area (Å²) in [6, 6.07) is 18.5. The van der Waals surface area contributed by atoms with E-state index in [1.54, 1.807) is 12.1 Å². The second-order valence-electron chi connectivity index (χ2n) is 6.65. The highest BCUT2D eigenvalue weighted by molar-refractivity contribution is 8.00. The molecule has 158 valence electrons. The summed E-state index contributed by atoms with van der Waals surface area (Å²) < 4.78 is 32.7. The first-order valence-electron chi connectivity index (χ1n) is 9.64. The van der Waals surface area contributed by atoms with Gasteiger partial charge in [0.05, 0.1) is 23.3 Å². The van der Waals surface area contributed by atoms with Crippen LogP contribution in [-0.4, -0.2) is 22.5 Å². The van der Waals surface area contributed by atoms with Gasteiger partial charge < -0.3 is 15.0 Å². The van der Waals surface area contributed by atoms with E-state index in [-0.39, 0.29) is 11.4 Å². The molecule has 0 aliphatic rings. The molecular weight excluding hydrogens is 420 g/mol. The van der Waals surface area contributed by atoms with Crippen molar-refractivity contribution in [2.75, 3.05) is 11.9 Å². The van der Waals surface area contributed by atoms with Crippen LogP contribution in [0.2, 0.25) is 0 Å². The highest BCUT2D eigenvalue weighted by atomic mass is 32.2. The molecule has 3 aromatic carbocycles. The van der Waals surface area contributed by atoms with Gasteiger partial charge in [-0.2, -0.15) is 0 Å². The Morgan fingerprint density at radius 2 is 1.81 bits per heavy atom. The van der Waals surface area contributed by atoms with Gasteiger partial charge in [-0.1, -0.05) is 54.2 Å². The molecule has 0 fully saturated rings. The molecule has 0 saturated heterocycles. The van der Waals surface area contributed by atoms with Crippen molar-refractivity contribution in [3.05, 3.63) is 83.9 Å². The van der Waals surface area contributed by atoms with Gasteiger partial charge in [0.1, 0.15) is 11.0 Å². The summed E-state index contributed by atoms with van der Waals surface area (Å²) >= 11 is 1.16. The van der Waals surface area contributed by atoms with E-state index in [2.05, 4.69) is 15.3 Å². The fraction of sp³-hybridized carbons (Fsp3) is 0.130. The summed E-state index contributed by atoms with van der Waals surface area (Å²) in [5, 5.41) is 2.64. The van der Waals surface area contributed by atoms with Crippen LogP contribution in [0.1, 0.15) is 17.7 Å². The summed E-state index contributed by atoms with van der Waals surface area (Å²) in [6.45, 7) is 2.34. The highest BCUT2D eigenvalue weighted by Gasteiger charge is 2.25. The number of halogens is 2. The van der Waals surface area contributed by atoms with Crippen molar-refractivity contribution < 1.29 is 18.3 Å². The molecule has 1 heterocycles. The van der Waals surface area contributed by atoms with E-state index >= 15 is 0 Å². The molecule has 0 aliphatic carbocycles. The highest BCUT2D eigenvalue weighted by Crippen LogP contribution is 2.36. The minimum atomic E-state index is -0.972. The third kappa shape index (κ3) is 4.69. The number of hydrogen-bond acceptors (Lipinski definition) is 4. The van der Waals surface area contributed by atoms with Crippen LogP contribution in [0.3, 0.4) is 0 Å². The molecule has 0 aliphatic heterocycles. The average Bonchev–Trinajstić information content (AvgIpc) is 3.15. The maximum Gasteiger partial charge on any atom is 0.242 e. The minimum absolute atomic E-state index is 0.277. The van der Waals surface area contributed by atoms with Crippen molar-refractivity contribution in [3.63, 3.8) is 0 Å². The Morgan fingerprint density at radius 1 is 1.10 bits per heavy atom. The molecule has 1 unspecified atom stereocenters. The van der Waals surface area contributed by atoms with Crippen LogP contribution in [0.4, 0.5) is 14.5 Å². The Balaban J connectivity index is 1.65. The van der Waals surface area contributed by atoms with Gasteiger partial charge in [-0.3, -0.25) is 4.79 Å². The Morgan fingerprint density at radius 3 is 2.58 bits per heavy atom. The van der Waals surface area contributed by atoms with E-state index in [1.165, 1.54) is 0 Å². The van der Waals surface area contributed by atoms with Crippen LogP contribution in [0.5, 0.6) is 5.75 Å². The second kappa shape index (κ2) is 9.18. The molecule has 5 nitrogen and oxygen atoms in total. The number of benzene rings is 3. The molecule has 31 heavy (non-hydrogen) atoms. The lowest BCUT2D eigenvalue weighted by Gasteiger charge is -2.17. The van der Waals surface area contributed by atoms with Crippen LogP contribution in [-0.2, 0) is 4.79 Å². The number of carbonyl (C=O) groups excluding carboxylic acids is 1. The van der Waals surface area contributed by atoms with E-state index in [0.29, 0.717) is 28.7 Å². The lowest BCUT2D eigenvalue weighted by atomic mass is 10.1. The molecule has 8 heteroatoms. The van der Waals surface area contributed by atoms with Crippen molar-refractivity contribution in [3.8, 4) is 5.75 Å². The van der Waals surface area contributed by atoms with Gasteiger partial charge in [-0.05, 0) is 24.6 Å². The van der Waals surface area contributed by atoms with Crippen molar-refractivity contribution in [1.29, 1.82) is 0 Å². The molecule has 4 rings (SSSR count). The number of anilines is 1. The number of ether oxygens (including phenoxy) is 1. The molecule has 0 saturated carbocycles. The Hall–Kier alpha value is -3.39. The monoisotopic (exact) mass is 439 g/mol. The number of imidazole rings is 1. The fourth-order valence-electron chi connectivity index (χ4n) is 3.10. The number of thioether (sulfide) groups is 1. The van der Waals surface area contributed by atoms with Crippen molar-refractivity contribution in [2.45, 2.75) is 17.3 Å². The lowest BCUT2D eigenvalue weighted by molar-refractivity contribution is -0.115. The fourth-order valence-corrected chi connectivity index (χ4v) is 4.10. The van der Waals surface area contributed by atoms with Crippen molar-refractivity contribution in [1.82, 2.24) is 9.97 Å². The summed E-state index contributed by atoms with van der Waals surface area (Å²) in [5.41, 5.74) is 1.96. The lowest BCUT2D eigenvalue weighted by Crippen LogP contribution is -2.19. The summed E-state index contributed by atoms with van der Waals surface area (Å²) in [4.78, 5) is 20.5. The average molecular weight is 439 g/mol. The van der Waals surface area contributed by atoms with Crippen LogP contribution < -0.4 is 10.1 Å². The number of aromatic nitrogens is 2. The second-order valence-corrected chi connectivity index (χ2v) is 7.75. The molecule has 1 amide bonds. The first kappa shape index (κ1) is 20.9. The van der Waals surface area contributed by atoms with Crippen molar-refractivity contribution in [2.24, 2.45) is 0 Å². The van der Waals surface area contributed by atoms with Crippen LogP contribution in [0.15, 0.2) is 71.9 Å². The quantitative estimate of drug-likeness (QED) is 0.362. The molecule has 1 aromatic heterocycles. The van der Waals surface area contributed by atoms with Gasteiger partial charge in [0.2, 0.25) is 5.91 Å². The molecule has 0 radical (unpaired) electrons. The standard InChI is InChI=1S/C23H19F2N3O2S/c1-2-30-20-11-7-6-10-17(20)26-22(29)21(14-8-4-3-5-9-14)31-23-27-18-12-15(24)16(25)13-19(18)28-23/h3-13,21H,2H2,1H3,(H,26,29)(H,27,28).